The van der Waals surface area contributed by atoms with E-state index in [0.717, 1.165) is 24.2 Å². The minimum absolute atomic E-state index is 0.126. The normalized spacial score (nSPS) is 15.5. The van der Waals surface area contributed by atoms with Crippen LogP contribution in [0.2, 0.25) is 0 Å². The fraction of sp³-hybridized carbons (Fsp3) is 0.423. The second-order valence-electron chi connectivity index (χ2n) is 8.82. The van der Waals surface area contributed by atoms with Crippen LogP contribution < -0.4 is 10.6 Å². The average molecular weight is 446 g/mol. The first-order valence-electron chi connectivity index (χ1n) is 11.8. The molecule has 1 fully saturated rings. The number of nitrogens with one attached hydrogen (secondary N) is 2. The summed E-state index contributed by atoms with van der Waals surface area (Å²) in [6.45, 7) is 8.75. The summed E-state index contributed by atoms with van der Waals surface area (Å²) < 4.78 is 1.99. The Morgan fingerprint density at radius 3 is 2.36 bits per heavy atom. The van der Waals surface area contributed by atoms with Gasteiger partial charge in [-0.3, -0.25) is 4.90 Å². The molecule has 2 heterocycles. The van der Waals surface area contributed by atoms with E-state index in [1.54, 1.807) is 0 Å². The van der Waals surface area contributed by atoms with Gasteiger partial charge < -0.3 is 15.2 Å². The third-order valence-corrected chi connectivity index (χ3v) is 6.30. The lowest BCUT2D eigenvalue weighted by molar-refractivity contribution is 0.331. The van der Waals surface area contributed by atoms with Gasteiger partial charge in [-0.2, -0.15) is 0 Å². The minimum Gasteiger partial charge on any atom is -0.350 e. The van der Waals surface area contributed by atoms with Crippen molar-refractivity contribution in [2.24, 2.45) is 12.0 Å². The summed E-state index contributed by atoms with van der Waals surface area (Å²) in [5, 5.41) is 15.4. The predicted molar refractivity (Wildman–Crippen MR) is 133 cm³/mol. The SMILES string of the molecule is Cc1nnc(CNC(=NCc2ccc(CN3CCCC3)cc2)NC(C)c2ccccc2)n1C. The van der Waals surface area contributed by atoms with E-state index in [4.69, 9.17) is 4.99 Å². The second kappa shape index (κ2) is 11.1. The zero-order valence-electron chi connectivity index (χ0n) is 20.0. The maximum atomic E-state index is 4.87. The Kier molecular flexibility index (Phi) is 7.73. The number of aromatic nitrogens is 3. The maximum Gasteiger partial charge on any atom is 0.192 e. The molecule has 1 aliphatic heterocycles. The van der Waals surface area contributed by atoms with E-state index in [-0.39, 0.29) is 6.04 Å². The largest absolute Gasteiger partial charge is 0.350 e. The van der Waals surface area contributed by atoms with E-state index in [0.29, 0.717) is 13.1 Å². The van der Waals surface area contributed by atoms with Crippen LogP contribution in [0, 0.1) is 6.92 Å². The highest BCUT2D eigenvalue weighted by Crippen LogP contribution is 2.14. The topological polar surface area (TPSA) is 70.4 Å². The van der Waals surface area contributed by atoms with Crippen molar-refractivity contribution < 1.29 is 0 Å². The molecule has 0 saturated carbocycles. The number of benzene rings is 2. The highest BCUT2D eigenvalue weighted by Gasteiger charge is 2.12. The van der Waals surface area contributed by atoms with Gasteiger partial charge in [0.2, 0.25) is 0 Å². The number of likely N-dealkylation sites (tertiary alicyclic amines) is 1. The van der Waals surface area contributed by atoms with Crippen LogP contribution in [0.4, 0.5) is 0 Å². The van der Waals surface area contributed by atoms with Gasteiger partial charge in [-0.25, -0.2) is 4.99 Å². The summed E-state index contributed by atoms with van der Waals surface area (Å²) in [4.78, 5) is 7.40. The lowest BCUT2D eigenvalue weighted by atomic mass is 10.1. The maximum absolute atomic E-state index is 4.87. The third kappa shape index (κ3) is 6.42. The van der Waals surface area contributed by atoms with Crippen LogP contribution in [0.5, 0.6) is 0 Å². The van der Waals surface area contributed by atoms with Crippen molar-refractivity contribution in [3.05, 3.63) is 82.9 Å². The molecule has 1 aliphatic rings. The van der Waals surface area contributed by atoms with Crippen LogP contribution in [0.25, 0.3) is 0 Å². The molecule has 7 heteroatoms. The number of nitrogens with zero attached hydrogens (tertiary/aromatic N) is 5. The lowest BCUT2D eigenvalue weighted by Gasteiger charge is -2.19. The number of guanidine groups is 1. The molecule has 0 amide bonds. The molecule has 0 spiro atoms. The van der Waals surface area contributed by atoms with Gasteiger partial charge in [-0.05, 0) is 56.5 Å². The molecule has 2 N–H and O–H groups in total. The van der Waals surface area contributed by atoms with Crippen LogP contribution >= 0.6 is 0 Å². The number of aryl methyl sites for hydroxylation is 1. The number of rotatable bonds is 8. The van der Waals surface area contributed by atoms with E-state index >= 15 is 0 Å². The van der Waals surface area contributed by atoms with E-state index < -0.39 is 0 Å². The summed E-state index contributed by atoms with van der Waals surface area (Å²) >= 11 is 0. The monoisotopic (exact) mass is 445 g/mol. The smallest absolute Gasteiger partial charge is 0.192 e. The molecule has 4 rings (SSSR count). The Hall–Kier alpha value is -3.19. The Labute approximate surface area is 197 Å². The number of hydrogen-bond donors (Lipinski definition) is 2. The summed E-state index contributed by atoms with van der Waals surface area (Å²) in [5.74, 6) is 2.53. The van der Waals surface area contributed by atoms with E-state index in [1.165, 1.54) is 42.6 Å². The molecule has 2 aromatic carbocycles. The third-order valence-electron chi connectivity index (χ3n) is 6.30. The molecular formula is C26H35N7. The van der Waals surface area contributed by atoms with Crippen molar-refractivity contribution in [2.75, 3.05) is 13.1 Å². The van der Waals surface area contributed by atoms with Crippen LogP contribution in [0.1, 0.15) is 54.1 Å². The molecular weight excluding hydrogens is 410 g/mol. The van der Waals surface area contributed by atoms with Gasteiger partial charge >= 0.3 is 0 Å². The van der Waals surface area contributed by atoms with Crippen LogP contribution in [-0.2, 0) is 26.7 Å². The molecule has 174 valence electrons. The first kappa shape index (κ1) is 23.0. The van der Waals surface area contributed by atoms with Gasteiger partial charge in [0.25, 0.3) is 0 Å². The van der Waals surface area contributed by atoms with E-state index in [2.05, 4.69) is 81.2 Å². The highest BCUT2D eigenvalue weighted by atomic mass is 15.3. The molecule has 7 nitrogen and oxygen atoms in total. The molecule has 0 aliphatic carbocycles. The first-order chi connectivity index (χ1) is 16.1. The average Bonchev–Trinajstić information content (AvgIpc) is 3.47. The van der Waals surface area contributed by atoms with Gasteiger partial charge in [-0.15, -0.1) is 10.2 Å². The zero-order chi connectivity index (χ0) is 23.0. The fourth-order valence-corrected chi connectivity index (χ4v) is 4.07. The van der Waals surface area contributed by atoms with E-state index in [1.807, 2.05) is 24.6 Å². The van der Waals surface area contributed by atoms with Crippen molar-refractivity contribution in [2.45, 2.75) is 52.4 Å². The molecule has 1 aromatic heterocycles. The quantitative estimate of drug-likeness (QED) is 0.409. The van der Waals surface area contributed by atoms with Crippen molar-refractivity contribution in [3.8, 4) is 0 Å². The summed E-state index contributed by atoms with van der Waals surface area (Å²) in [6.07, 6.45) is 2.65. The highest BCUT2D eigenvalue weighted by molar-refractivity contribution is 5.80. The van der Waals surface area contributed by atoms with Gasteiger partial charge in [0.05, 0.1) is 19.1 Å². The van der Waals surface area contributed by atoms with Crippen molar-refractivity contribution in [1.29, 1.82) is 0 Å². The van der Waals surface area contributed by atoms with Crippen LogP contribution in [-0.4, -0.2) is 38.7 Å². The summed E-state index contributed by atoms with van der Waals surface area (Å²) in [7, 11) is 1.98. The second-order valence-corrected chi connectivity index (χ2v) is 8.82. The minimum atomic E-state index is 0.126. The fourth-order valence-electron chi connectivity index (χ4n) is 4.07. The number of aliphatic imine (C=N–C) groups is 1. The Balaban J connectivity index is 1.42. The molecule has 1 atom stereocenters. The van der Waals surface area contributed by atoms with Gasteiger partial charge in [0, 0.05) is 13.6 Å². The molecule has 1 saturated heterocycles. The molecule has 1 unspecified atom stereocenters. The summed E-state index contributed by atoms with van der Waals surface area (Å²) in [6, 6.07) is 19.4. The van der Waals surface area contributed by atoms with Gasteiger partial charge in [0.15, 0.2) is 11.8 Å². The molecule has 33 heavy (non-hydrogen) atoms. The molecule has 3 aromatic rings. The lowest BCUT2D eigenvalue weighted by Crippen LogP contribution is -2.39. The Morgan fingerprint density at radius 2 is 1.70 bits per heavy atom. The van der Waals surface area contributed by atoms with Gasteiger partial charge in [-0.1, -0.05) is 54.6 Å². The molecule has 0 bridgehead atoms. The standard InChI is InChI=1S/C26H35N7/c1-20(24-9-5-4-6-10-24)29-26(28-18-25-31-30-21(2)32(25)3)27-17-22-11-13-23(14-12-22)19-33-15-7-8-16-33/h4-6,9-14,20H,7-8,15-19H2,1-3H3,(H2,27,28,29). The number of hydrogen-bond acceptors (Lipinski definition) is 4. The first-order valence-corrected chi connectivity index (χ1v) is 11.8. The van der Waals surface area contributed by atoms with Crippen molar-refractivity contribution in [3.63, 3.8) is 0 Å². The van der Waals surface area contributed by atoms with Gasteiger partial charge in [0.1, 0.15) is 5.82 Å². The Morgan fingerprint density at radius 1 is 1.00 bits per heavy atom. The van der Waals surface area contributed by atoms with Crippen molar-refractivity contribution >= 4 is 5.96 Å². The van der Waals surface area contributed by atoms with Crippen molar-refractivity contribution in [1.82, 2.24) is 30.3 Å². The molecule has 0 radical (unpaired) electrons. The Bertz CT molecular complexity index is 1030. The van der Waals surface area contributed by atoms with Crippen LogP contribution in [0.15, 0.2) is 59.6 Å². The van der Waals surface area contributed by atoms with Crippen LogP contribution in [0.3, 0.4) is 0 Å². The zero-order valence-corrected chi connectivity index (χ0v) is 20.0. The predicted octanol–water partition coefficient (Wildman–Crippen LogP) is 3.72. The van der Waals surface area contributed by atoms with E-state index in [9.17, 15) is 0 Å². The summed E-state index contributed by atoms with van der Waals surface area (Å²) in [5.41, 5.74) is 3.78.